The molecule has 3 nitrogen and oxygen atoms in total. The van der Waals surface area contributed by atoms with Gasteiger partial charge in [0, 0.05) is 6.21 Å². The van der Waals surface area contributed by atoms with Crippen LogP contribution in [0.2, 0.25) is 0 Å². The molecule has 4 heteroatoms. The lowest BCUT2D eigenvalue weighted by atomic mass is 10.2. The van der Waals surface area contributed by atoms with Gasteiger partial charge >= 0.3 is 0 Å². The fraction of sp³-hybridized carbons (Fsp3) is 0.133. The smallest absolute Gasteiger partial charge is 0.199 e. The van der Waals surface area contributed by atoms with Crippen molar-refractivity contribution in [3.8, 4) is 0 Å². The molecule has 0 fully saturated rings. The fourth-order valence-electron chi connectivity index (χ4n) is 1.55. The standard InChI is InChI=1S/C15H15NO2S/c1-12-3-7-14(8-4-12)11-16-19(17,18)15-9-5-13(2)6-10-15/h3-11H,1-2H3/b16-11+. The van der Waals surface area contributed by atoms with Crippen LogP contribution in [0, 0.1) is 13.8 Å². The number of hydrogen-bond acceptors (Lipinski definition) is 2. The molecule has 0 saturated carbocycles. The predicted molar refractivity (Wildman–Crippen MR) is 77.1 cm³/mol. The van der Waals surface area contributed by atoms with Crippen molar-refractivity contribution in [3.05, 3.63) is 65.2 Å². The summed E-state index contributed by atoms with van der Waals surface area (Å²) in [5.74, 6) is 0. The van der Waals surface area contributed by atoms with Gasteiger partial charge in [-0.1, -0.05) is 47.5 Å². The lowest BCUT2D eigenvalue weighted by molar-refractivity contribution is 0.598. The Morgan fingerprint density at radius 3 is 1.84 bits per heavy atom. The maximum absolute atomic E-state index is 12.0. The minimum Gasteiger partial charge on any atom is -0.199 e. The van der Waals surface area contributed by atoms with Crippen LogP contribution in [0.25, 0.3) is 0 Å². The van der Waals surface area contributed by atoms with Crippen LogP contribution in [-0.2, 0) is 10.0 Å². The van der Waals surface area contributed by atoms with E-state index in [1.165, 1.54) is 6.21 Å². The van der Waals surface area contributed by atoms with E-state index in [0.29, 0.717) is 0 Å². The van der Waals surface area contributed by atoms with Crippen molar-refractivity contribution in [2.75, 3.05) is 0 Å². The predicted octanol–water partition coefficient (Wildman–Crippen LogP) is 3.11. The number of benzene rings is 2. The molecule has 2 aromatic carbocycles. The van der Waals surface area contributed by atoms with Gasteiger partial charge < -0.3 is 0 Å². The highest BCUT2D eigenvalue weighted by Crippen LogP contribution is 2.13. The van der Waals surface area contributed by atoms with E-state index < -0.39 is 10.0 Å². The summed E-state index contributed by atoms with van der Waals surface area (Å²) in [7, 11) is -3.62. The summed E-state index contributed by atoms with van der Waals surface area (Å²) in [4.78, 5) is 0.210. The Kier molecular flexibility index (Phi) is 3.81. The van der Waals surface area contributed by atoms with E-state index >= 15 is 0 Å². The summed E-state index contributed by atoms with van der Waals surface area (Å²) in [5.41, 5.74) is 2.90. The Morgan fingerprint density at radius 2 is 1.32 bits per heavy atom. The molecule has 2 rings (SSSR count). The number of hydrogen-bond donors (Lipinski definition) is 0. The normalized spacial score (nSPS) is 11.9. The topological polar surface area (TPSA) is 46.5 Å². The third-order valence-corrected chi connectivity index (χ3v) is 3.99. The van der Waals surface area contributed by atoms with Crippen molar-refractivity contribution in [2.24, 2.45) is 4.40 Å². The molecule has 0 unspecified atom stereocenters. The summed E-state index contributed by atoms with van der Waals surface area (Å²) < 4.78 is 27.7. The third-order valence-electron chi connectivity index (χ3n) is 2.74. The Hall–Kier alpha value is -1.94. The molecule has 0 bridgehead atoms. The molecule has 0 radical (unpaired) electrons. The molecule has 0 saturated heterocycles. The zero-order chi connectivity index (χ0) is 13.9. The van der Waals surface area contributed by atoms with Crippen LogP contribution in [0.1, 0.15) is 16.7 Å². The van der Waals surface area contributed by atoms with Gasteiger partial charge in [0.05, 0.1) is 4.90 Å². The molecular formula is C15H15NO2S. The Bertz CT molecular complexity index is 684. The van der Waals surface area contributed by atoms with E-state index in [2.05, 4.69) is 4.40 Å². The van der Waals surface area contributed by atoms with Crippen LogP contribution >= 0.6 is 0 Å². The third kappa shape index (κ3) is 3.51. The molecule has 0 aliphatic rings. The first-order chi connectivity index (χ1) is 8.97. The van der Waals surface area contributed by atoms with Gasteiger partial charge in [-0.05, 0) is 31.5 Å². The molecule has 19 heavy (non-hydrogen) atoms. The van der Waals surface area contributed by atoms with E-state index in [-0.39, 0.29) is 4.90 Å². The Morgan fingerprint density at radius 1 is 0.842 bits per heavy atom. The molecule has 0 aliphatic carbocycles. The van der Waals surface area contributed by atoms with Crippen molar-refractivity contribution in [3.63, 3.8) is 0 Å². The van der Waals surface area contributed by atoms with Gasteiger partial charge in [0.2, 0.25) is 0 Å². The van der Waals surface area contributed by atoms with E-state index in [4.69, 9.17) is 0 Å². The fourth-order valence-corrected chi connectivity index (χ4v) is 2.42. The molecule has 0 spiro atoms. The summed E-state index contributed by atoms with van der Waals surface area (Å²) in [6.07, 6.45) is 1.37. The largest absolute Gasteiger partial charge is 0.282 e. The molecule has 0 amide bonds. The summed E-state index contributed by atoms with van der Waals surface area (Å²) in [6, 6.07) is 14.2. The van der Waals surface area contributed by atoms with Crippen molar-refractivity contribution in [2.45, 2.75) is 18.7 Å². The average molecular weight is 273 g/mol. The second-order valence-electron chi connectivity index (χ2n) is 4.43. The summed E-state index contributed by atoms with van der Waals surface area (Å²) in [6.45, 7) is 3.88. The zero-order valence-electron chi connectivity index (χ0n) is 10.9. The first-order valence-corrected chi connectivity index (χ1v) is 7.35. The second kappa shape index (κ2) is 5.36. The van der Waals surface area contributed by atoms with Crippen LogP contribution in [0.3, 0.4) is 0 Å². The van der Waals surface area contributed by atoms with E-state index in [9.17, 15) is 8.42 Å². The minimum atomic E-state index is -3.62. The van der Waals surface area contributed by atoms with Gasteiger partial charge in [-0.3, -0.25) is 0 Å². The summed E-state index contributed by atoms with van der Waals surface area (Å²) in [5, 5.41) is 0. The number of rotatable bonds is 3. The number of aryl methyl sites for hydroxylation is 2. The highest BCUT2D eigenvalue weighted by atomic mass is 32.2. The maximum Gasteiger partial charge on any atom is 0.282 e. The highest BCUT2D eigenvalue weighted by Gasteiger charge is 2.10. The van der Waals surface area contributed by atoms with Gasteiger partial charge in [-0.15, -0.1) is 0 Å². The van der Waals surface area contributed by atoms with Gasteiger partial charge in [-0.25, -0.2) is 0 Å². The first-order valence-electron chi connectivity index (χ1n) is 5.91. The monoisotopic (exact) mass is 273 g/mol. The highest BCUT2D eigenvalue weighted by molar-refractivity contribution is 7.90. The molecule has 0 aliphatic heterocycles. The molecule has 0 atom stereocenters. The van der Waals surface area contributed by atoms with E-state index in [1.807, 2.05) is 38.1 Å². The maximum atomic E-state index is 12.0. The van der Waals surface area contributed by atoms with Crippen molar-refractivity contribution in [1.82, 2.24) is 0 Å². The van der Waals surface area contributed by atoms with E-state index in [0.717, 1.165) is 16.7 Å². The Labute approximate surface area is 113 Å². The lowest BCUT2D eigenvalue weighted by Gasteiger charge is -1.99. The molecular weight excluding hydrogens is 258 g/mol. The minimum absolute atomic E-state index is 0.210. The van der Waals surface area contributed by atoms with Crippen molar-refractivity contribution >= 4 is 16.2 Å². The van der Waals surface area contributed by atoms with Gasteiger partial charge in [0.25, 0.3) is 10.0 Å². The SMILES string of the molecule is Cc1ccc(/C=N/S(=O)(=O)c2ccc(C)cc2)cc1. The van der Waals surface area contributed by atoms with Crippen LogP contribution in [0.5, 0.6) is 0 Å². The average Bonchev–Trinajstić information content (AvgIpc) is 2.39. The van der Waals surface area contributed by atoms with Crippen molar-refractivity contribution < 1.29 is 8.42 Å². The number of nitrogens with zero attached hydrogens (tertiary/aromatic N) is 1. The van der Waals surface area contributed by atoms with Crippen LogP contribution < -0.4 is 0 Å². The quantitative estimate of drug-likeness (QED) is 0.807. The van der Waals surface area contributed by atoms with Gasteiger partial charge in [0.15, 0.2) is 0 Å². The molecule has 2 aromatic rings. The van der Waals surface area contributed by atoms with Crippen LogP contribution in [0.15, 0.2) is 57.8 Å². The van der Waals surface area contributed by atoms with Crippen LogP contribution in [0.4, 0.5) is 0 Å². The second-order valence-corrected chi connectivity index (χ2v) is 6.07. The molecule has 0 aromatic heterocycles. The van der Waals surface area contributed by atoms with Gasteiger partial charge in [0.1, 0.15) is 0 Å². The number of sulfonamides is 1. The first kappa shape index (κ1) is 13.5. The zero-order valence-corrected chi connectivity index (χ0v) is 11.7. The lowest BCUT2D eigenvalue weighted by Crippen LogP contribution is -1.97. The molecule has 98 valence electrons. The molecule has 0 heterocycles. The van der Waals surface area contributed by atoms with Gasteiger partial charge in [-0.2, -0.15) is 12.8 Å². The molecule has 0 N–H and O–H groups in total. The summed E-state index contributed by atoms with van der Waals surface area (Å²) >= 11 is 0. The van der Waals surface area contributed by atoms with Crippen LogP contribution in [-0.4, -0.2) is 14.6 Å². The van der Waals surface area contributed by atoms with Crippen molar-refractivity contribution in [1.29, 1.82) is 0 Å². The van der Waals surface area contributed by atoms with E-state index in [1.54, 1.807) is 24.3 Å². The Balaban J connectivity index is 2.26.